The molecule has 1 aromatic heterocycles. The minimum atomic E-state index is -3.49. The van der Waals surface area contributed by atoms with Crippen LogP contribution in [0.5, 0.6) is 0 Å². The molecule has 1 atom stereocenters. The second-order valence-electron chi connectivity index (χ2n) is 6.48. The molecule has 1 fully saturated rings. The monoisotopic (exact) mass is 437 g/mol. The van der Waals surface area contributed by atoms with E-state index in [4.69, 9.17) is 0 Å². The average molecular weight is 438 g/mol. The van der Waals surface area contributed by atoms with Crippen LogP contribution in [0.4, 0.5) is 5.69 Å². The molecule has 1 amide bonds. The van der Waals surface area contributed by atoms with Gasteiger partial charge < -0.3 is 5.32 Å². The largest absolute Gasteiger partial charge is 0.322 e. The molecule has 1 aliphatic heterocycles. The van der Waals surface area contributed by atoms with Gasteiger partial charge in [-0.25, -0.2) is 8.42 Å². The lowest BCUT2D eigenvalue weighted by atomic mass is 10.0. The summed E-state index contributed by atoms with van der Waals surface area (Å²) < 4.78 is 27.8. The minimum Gasteiger partial charge on any atom is -0.322 e. The number of hydrogen-bond acceptors (Lipinski definition) is 4. The molecule has 0 radical (unpaired) electrons. The number of aromatic nitrogens is 1. The van der Waals surface area contributed by atoms with E-state index < -0.39 is 10.0 Å². The summed E-state index contributed by atoms with van der Waals surface area (Å²) in [7, 11) is -3.49. The number of rotatable bonds is 4. The number of anilines is 1. The number of piperidine rings is 1. The van der Waals surface area contributed by atoms with Crippen molar-refractivity contribution in [3.63, 3.8) is 0 Å². The van der Waals surface area contributed by atoms with Crippen molar-refractivity contribution >= 4 is 37.5 Å². The van der Waals surface area contributed by atoms with Gasteiger partial charge in [0, 0.05) is 35.6 Å². The molecular weight excluding hydrogens is 418 g/mol. The molecule has 1 saturated heterocycles. The lowest BCUT2D eigenvalue weighted by Gasteiger charge is -2.30. The van der Waals surface area contributed by atoms with Gasteiger partial charge in [-0.15, -0.1) is 0 Å². The maximum atomic E-state index is 12.8. The van der Waals surface area contributed by atoms with Gasteiger partial charge in [-0.3, -0.25) is 9.78 Å². The van der Waals surface area contributed by atoms with Crippen LogP contribution < -0.4 is 5.32 Å². The molecule has 26 heavy (non-hydrogen) atoms. The Labute approximate surface area is 161 Å². The van der Waals surface area contributed by atoms with Crippen molar-refractivity contribution in [1.29, 1.82) is 0 Å². The Bertz CT molecular complexity index is 900. The van der Waals surface area contributed by atoms with Crippen LogP contribution in [-0.2, 0) is 10.0 Å². The van der Waals surface area contributed by atoms with Gasteiger partial charge in [0.15, 0.2) is 0 Å². The average Bonchev–Trinajstić information content (AvgIpc) is 2.62. The quantitative estimate of drug-likeness (QED) is 0.793. The standard InChI is InChI=1S/C18H20BrN3O3S/c1-13-3-2-8-22(12-13)26(24,25)17-6-4-16(5-7-17)21-18(23)14-9-15(19)11-20-10-14/h4-7,9-11,13H,2-3,8,12H2,1H3,(H,21,23)/t13-/m1/s1. The summed E-state index contributed by atoms with van der Waals surface area (Å²) >= 11 is 3.28. The first-order chi connectivity index (χ1) is 12.4. The van der Waals surface area contributed by atoms with E-state index in [9.17, 15) is 13.2 Å². The number of halogens is 1. The molecular formula is C18H20BrN3O3S. The highest BCUT2D eigenvalue weighted by Gasteiger charge is 2.28. The topological polar surface area (TPSA) is 79.4 Å². The number of amides is 1. The lowest BCUT2D eigenvalue weighted by molar-refractivity contribution is 0.102. The molecule has 0 bridgehead atoms. The third-order valence-corrected chi connectivity index (χ3v) is 6.65. The molecule has 138 valence electrons. The van der Waals surface area contributed by atoms with Crippen molar-refractivity contribution < 1.29 is 13.2 Å². The van der Waals surface area contributed by atoms with Crippen LogP contribution in [0.1, 0.15) is 30.1 Å². The molecule has 0 unspecified atom stereocenters. The second kappa shape index (κ2) is 7.85. The third kappa shape index (κ3) is 4.31. The fraction of sp³-hybridized carbons (Fsp3) is 0.333. The van der Waals surface area contributed by atoms with Crippen LogP contribution in [0.15, 0.2) is 52.1 Å². The van der Waals surface area contributed by atoms with E-state index in [-0.39, 0.29) is 10.8 Å². The summed E-state index contributed by atoms with van der Waals surface area (Å²) in [6, 6.07) is 7.93. The van der Waals surface area contributed by atoms with Crippen molar-refractivity contribution in [3.05, 3.63) is 52.8 Å². The molecule has 1 aliphatic rings. The zero-order valence-corrected chi connectivity index (χ0v) is 16.8. The Balaban J connectivity index is 1.73. The number of benzene rings is 1. The summed E-state index contributed by atoms with van der Waals surface area (Å²) in [5, 5.41) is 2.74. The first kappa shape index (κ1) is 19.0. The Morgan fingerprint density at radius 1 is 1.27 bits per heavy atom. The molecule has 8 heteroatoms. The van der Waals surface area contributed by atoms with Crippen LogP contribution >= 0.6 is 15.9 Å². The van der Waals surface area contributed by atoms with Gasteiger partial charge in [0.05, 0.1) is 10.5 Å². The number of nitrogens with zero attached hydrogens (tertiary/aromatic N) is 2. The highest BCUT2D eigenvalue weighted by atomic mass is 79.9. The molecule has 0 saturated carbocycles. The zero-order chi connectivity index (χ0) is 18.7. The van der Waals surface area contributed by atoms with Crippen molar-refractivity contribution in [2.75, 3.05) is 18.4 Å². The fourth-order valence-electron chi connectivity index (χ4n) is 2.96. The van der Waals surface area contributed by atoms with Gasteiger partial charge in [-0.1, -0.05) is 6.92 Å². The van der Waals surface area contributed by atoms with E-state index in [0.29, 0.717) is 34.7 Å². The Kier molecular flexibility index (Phi) is 5.74. The van der Waals surface area contributed by atoms with E-state index in [2.05, 4.69) is 33.2 Å². The van der Waals surface area contributed by atoms with Crippen molar-refractivity contribution in [3.8, 4) is 0 Å². The number of nitrogens with one attached hydrogen (secondary N) is 1. The van der Waals surface area contributed by atoms with Crippen molar-refractivity contribution in [2.45, 2.75) is 24.7 Å². The van der Waals surface area contributed by atoms with Gasteiger partial charge >= 0.3 is 0 Å². The Hall–Kier alpha value is -1.77. The van der Waals surface area contributed by atoms with Crippen LogP contribution in [0.25, 0.3) is 0 Å². The predicted molar refractivity (Wildman–Crippen MR) is 103 cm³/mol. The van der Waals surface area contributed by atoms with E-state index in [1.165, 1.54) is 18.3 Å². The van der Waals surface area contributed by atoms with Crippen molar-refractivity contribution in [2.24, 2.45) is 5.92 Å². The third-order valence-electron chi connectivity index (χ3n) is 4.34. The highest BCUT2D eigenvalue weighted by Crippen LogP contribution is 2.24. The van der Waals surface area contributed by atoms with E-state index in [1.54, 1.807) is 28.7 Å². The Morgan fingerprint density at radius 2 is 2.00 bits per heavy atom. The number of carbonyl (C=O) groups excluding carboxylic acids is 1. The van der Waals surface area contributed by atoms with E-state index in [1.807, 2.05) is 0 Å². The molecule has 2 heterocycles. The van der Waals surface area contributed by atoms with Gasteiger partial charge in [0.2, 0.25) is 10.0 Å². The number of carbonyl (C=O) groups is 1. The zero-order valence-electron chi connectivity index (χ0n) is 14.4. The van der Waals surface area contributed by atoms with Gasteiger partial charge in [0.1, 0.15) is 0 Å². The second-order valence-corrected chi connectivity index (χ2v) is 9.33. The first-order valence-electron chi connectivity index (χ1n) is 8.38. The number of hydrogen-bond donors (Lipinski definition) is 1. The van der Waals surface area contributed by atoms with Gasteiger partial charge in [0.25, 0.3) is 5.91 Å². The van der Waals surface area contributed by atoms with Crippen LogP contribution in [0.3, 0.4) is 0 Å². The molecule has 6 nitrogen and oxygen atoms in total. The molecule has 1 N–H and O–H groups in total. The maximum absolute atomic E-state index is 12.8. The summed E-state index contributed by atoms with van der Waals surface area (Å²) in [5.74, 6) is 0.0650. The molecule has 3 rings (SSSR count). The number of pyridine rings is 1. The number of sulfonamides is 1. The Morgan fingerprint density at radius 3 is 2.65 bits per heavy atom. The first-order valence-corrected chi connectivity index (χ1v) is 10.6. The highest BCUT2D eigenvalue weighted by molar-refractivity contribution is 9.10. The van der Waals surface area contributed by atoms with Crippen LogP contribution in [-0.4, -0.2) is 36.7 Å². The van der Waals surface area contributed by atoms with Crippen LogP contribution in [0, 0.1) is 5.92 Å². The molecule has 2 aromatic rings. The minimum absolute atomic E-state index is 0.244. The maximum Gasteiger partial charge on any atom is 0.257 e. The predicted octanol–water partition coefficient (Wildman–Crippen LogP) is 3.52. The fourth-order valence-corrected chi connectivity index (χ4v) is 4.93. The molecule has 0 aliphatic carbocycles. The van der Waals surface area contributed by atoms with Gasteiger partial charge in [-0.05, 0) is 65.0 Å². The molecule has 1 aromatic carbocycles. The smallest absolute Gasteiger partial charge is 0.257 e. The normalized spacial score (nSPS) is 18.5. The summed E-state index contributed by atoms with van der Waals surface area (Å²) in [6.45, 7) is 3.18. The van der Waals surface area contributed by atoms with E-state index in [0.717, 1.165) is 12.8 Å². The summed E-state index contributed by atoms with van der Waals surface area (Å²) in [5.41, 5.74) is 0.944. The van der Waals surface area contributed by atoms with E-state index >= 15 is 0 Å². The molecule has 0 spiro atoms. The van der Waals surface area contributed by atoms with Gasteiger partial charge in [-0.2, -0.15) is 4.31 Å². The SMILES string of the molecule is C[C@@H]1CCCN(S(=O)(=O)c2ccc(NC(=O)c3cncc(Br)c3)cc2)C1. The van der Waals surface area contributed by atoms with Crippen molar-refractivity contribution in [1.82, 2.24) is 9.29 Å². The summed E-state index contributed by atoms with van der Waals surface area (Å²) in [4.78, 5) is 16.4. The van der Waals surface area contributed by atoms with Crippen LogP contribution in [0.2, 0.25) is 0 Å². The lowest BCUT2D eigenvalue weighted by Crippen LogP contribution is -2.39. The summed E-state index contributed by atoms with van der Waals surface area (Å²) in [6.07, 6.45) is 5.00.